The fourth-order valence-electron chi connectivity index (χ4n) is 3.14. The number of carbonyl (C=O) groups is 1. The summed E-state index contributed by atoms with van der Waals surface area (Å²) in [6.07, 6.45) is -9.35. The van der Waals surface area contributed by atoms with Crippen molar-refractivity contribution in [1.82, 2.24) is 9.97 Å². The van der Waals surface area contributed by atoms with E-state index < -0.39 is 53.4 Å². The number of alkyl halides is 6. The molecule has 1 amide bonds. The van der Waals surface area contributed by atoms with Gasteiger partial charge in [-0.2, -0.15) is 26.3 Å². The van der Waals surface area contributed by atoms with Crippen molar-refractivity contribution in [3.05, 3.63) is 29.0 Å². The molecule has 3 rings (SSSR count). The number of hydrogen-bond acceptors (Lipinski definition) is 7. The molecule has 0 aromatic carbocycles. The first kappa shape index (κ1) is 23.2. The summed E-state index contributed by atoms with van der Waals surface area (Å²) in [5, 5.41) is 9.79. The van der Waals surface area contributed by atoms with Crippen molar-refractivity contribution >= 4 is 23.1 Å². The summed E-state index contributed by atoms with van der Waals surface area (Å²) in [6.45, 7) is 0.187. The maximum absolute atomic E-state index is 13.8. The summed E-state index contributed by atoms with van der Waals surface area (Å²) < 4.78 is 86.7. The zero-order valence-electron chi connectivity index (χ0n) is 15.7. The van der Waals surface area contributed by atoms with Gasteiger partial charge in [0.2, 0.25) is 0 Å². The number of ether oxygens (including phenoxy) is 1. The number of aliphatic hydroxyl groups excluding tert-OH is 1. The van der Waals surface area contributed by atoms with E-state index in [1.807, 2.05) is 0 Å². The second kappa shape index (κ2) is 8.24. The van der Waals surface area contributed by atoms with Crippen molar-refractivity contribution < 1.29 is 41.0 Å². The molecular weight excluding hydrogens is 454 g/mol. The van der Waals surface area contributed by atoms with Crippen molar-refractivity contribution in [2.75, 3.05) is 18.1 Å². The minimum atomic E-state index is -4.96. The number of rotatable bonds is 5. The molecule has 170 valence electrons. The van der Waals surface area contributed by atoms with Gasteiger partial charge >= 0.3 is 12.4 Å². The third-order valence-electron chi connectivity index (χ3n) is 4.71. The molecule has 1 aliphatic heterocycles. The number of aromatic nitrogens is 2. The van der Waals surface area contributed by atoms with E-state index in [0.717, 1.165) is 19.3 Å². The smallest absolute Gasteiger partial charge is 0.388 e. The number of aliphatic hydroxyl groups is 1. The average Bonchev–Trinajstić information content (AvgIpc) is 3.30. The van der Waals surface area contributed by atoms with E-state index in [1.54, 1.807) is 0 Å². The number of nitrogens with two attached hydrogens (primary N) is 1. The zero-order valence-corrected chi connectivity index (χ0v) is 16.6. The molecule has 1 aliphatic rings. The summed E-state index contributed by atoms with van der Waals surface area (Å²) in [6, 6.07) is -3.02. The SMILES string of the molecule is C[C@H](N(c1cc(C(F)(F)F)c(-c2cnc(C(N)=O)s2)cn1)[C@@H]1COC[C@H]1O)C(F)(F)F. The quantitative estimate of drug-likeness (QED) is 0.652. The molecule has 0 saturated carbocycles. The molecule has 0 radical (unpaired) electrons. The number of amides is 1. The highest BCUT2D eigenvalue weighted by molar-refractivity contribution is 7.17. The second-order valence-corrected chi connectivity index (χ2v) is 7.81. The molecule has 7 nitrogen and oxygen atoms in total. The third-order valence-corrected chi connectivity index (χ3v) is 5.76. The Kier molecular flexibility index (Phi) is 6.17. The van der Waals surface area contributed by atoms with Gasteiger partial charge in [-0.3, -0.25) is 4.79 Å². The number of anilines is 1. The Labute approximate surface area is 175 Å². The topological polar surface area (TPSA) is 102 Å². The molecule has 0 unspecified atom stereocenters. The maximum atomic E-state index is 13.8. The first-order valence-corrected chi connectivity index (χ1v) is 9.56. The van der Waals surface area contributed by atoms with Crippen molar-refractivity contribution in [3.63, 3.8) is 0 Å². The van der Waals surface area contributed by atoms with E-state index in [4.69, 9.17) is 10.5 Å². The van der Waals surface area contributed by atoms with Gasteiger partial charge in [0.05, 0.1) is 35.8 Å². The van der Waals surface area contributed by atoms with Gasteiger partial charge in [-0.1, -0.05) is 0 Å². The lowest BCUT2D eigenvalue weighted by Gasteiger charge is -2.37. The van der Waals surface area contributed by atoms with E-state index in [-0.39, 0.29) is 23.1 Å². The molecule has 3 heterocycles. The molecule has 31 heavy (non-hydrogen) atoms. The fourth-order valence-corrected chi connectivity index (χ4v) is 3.93. The average molecular weight is 470 g/mol. The first-order valence-electron chi connectivity index (χ1n) is 8.74. The number of halogens is 6. The minimum absolute atomic E-state index is 0.0835. The standard InChI is InChI=1S/C17H16F6N4O3S/c1-7(16(18,19)20)27(10-5-30-6-11(10)28)13-2-9(17(21,22)23)8(3-25-13)12-4-26-15(31-12)14(24)29/h2-4,7,10-11,28H,5-6H2,1H3,(H2,24,29)/t7-,10+,11+/m0/s1. The Balaban J connectivity index is 2.13. The first-order chi connectivity index (χ1) is 14.3. The van der Waals surface area contributed by atoms with Gasteiger partial charge in [-0.25, -0.2) is 9.97 Å². The van der Waals surface area contributed by atoms with Gasteiger partial charge in [0.1, 0.15) is 11.9 Å². The third kappa shape index (κ3) is 4.75. The summed E-state index contributed by atoms with van der Waals surface area (Å²) in [4.78, 5) is 19.2. The number of nitrogens with zero attached hydrogens (tertiary/aromatic N) is 3. The summed E-state index contributed by atoms with van der Waals surface area (Å²) >= 11 is 0.596. The van der Waals surface area contributed by atoms with Crippen molar-refractivity contribution in [3.8, 4) is 10.4 Å². The monoisotopic (exact) mass is 470 g/mol. The molecule has 1 saturated heterocycles. The Morgan fingerprint density at radius 2 is 1.94 bits per heavy atom. The van der Waals surface area contributed by atoms with Crippen LogP contribution in [0.25, 0.3) is 10.4 Å². The number of carbonyl (C=O) groups excluding carboxylic acids is 1. The molecule has 3 atom stereocenters. The summed E-state index contributed by atoms with van der Waals surface area (Å²) in [5.74, 6) is -1.56. The van der Waals surface area contributed by atoms with Gasteiger partial charge in [0.25, 0.3) is 5.91 Å². The van der Waals surface area contributed by atoms with Gasteiger partial charge in [-0.05, 0) is 13.0 Å². The molecule has 14 heteroatoms. The number of hydrogen-bond donors (Lipinski definition) is 2. The lowest BCUT2D eigenvalue weighted by atomic mass is 10.1. The zero-order chi connectivity index (χ0) is 23.1. The van der Waals surface area contributed by atoms with Crippen LogP contribution in [0.15, 0.2) is 18.5 Å². The van der Waals surface area contributed by atoms with Gasteiger partial charge < -0.3 is 20.5 Å². The number of primary amides is 1. The highest BCUT2D eigenvalue weighted by atomic mass is 32.1. The van der Waals surface area contributed by atoms with E-state index in [2.05, 4.69) is 9.97 Å². The van der Waals surface area contributed by atoms with E-state index in [1.165, 1.54) is 0 Å². The van der Waals surface area contributed by atoms with Crippen LogP contribution in [0.2, 0.25) is 0 Å². The number of pyridine rings is 1. The number of thiazole rings is 1. The fraction of sp³-hybridized carbons (Fsp3) is 0.471. The largest absolute Gasteiger partial charge is 0.417 e. The minimum Gasteiger partial charge on any atom is -0.388 e. The molecule has 3 N–H and O–H groups in total. The lowest BCUT2D eigenvalue weighted by molar-refractivity contribution is -0.146. The van der Waals surface area contributed by atoms with E-state index >= 15 is 0 Å². The van der Waals surface area contributed by atoms with Crippen LogP contribution in [-0.2, 0) is 10.9 Å². The van der Waals surface area contributed by atoms with Crippen molar-refractivity contribution in [2.45, 2.75) is 37.5 Å². The van der Waals surface area contributed by atoms with Crippen molar-refractivity contribution in [2.24, 2.45) is 5.73 Å². The van der Waals surface area contributed by atoms with Crippen LogP contribution in [0.1, 0.15) is 22.3 Å². The van der Waals surface area contributed by atoms with Crippen LogP contribution in [0, 0.1) is 0 Å². The lowest BCUT2D eigenvalue weighted by Crippen LogP contribution is -2.54. The summed E-state index contributed by atoms with van der Waals surface area (Å²) in [5.41, 5.74) is 3.33. The Morgan fingerprint density at radius 3 is 2.42 bits per heavy atom. The van der Waals surface area contributed by atoms with Crippen LogP contribution in [-0.4, -0.2) is 58.6 Å². The molecule has 0 bridgehead atoms. The Morgan fingerprint density at radius 1 is 1.26 bits per heavy atom. The predicted octanol–water partition coefficient (Wildman–Crippen LogP) is 2.84. The Hall–Kier alpha value is -2.45. The van der Waals surface area contributed by atoms with Crippen LogP contribution in [0.3, 0.4) is 0 Å². The van der Waals surface area contributed by atoms with Gasteiger partial charge in [0, 0.05) is 18.0 Å². The van der Waals surface area contributed by atoms with Crippen LogP contribution in [0.4, 0.5) is 32.2 Å². The molecule has 0 spiro atoms. The molecule has 2 aromatic rings. The van der Waals surface area contributed by atoms with Crippen LogP contribution in [0.5, 0.6) is 0 Å². The summed E-state index contributed by atoms with van der Waals surface area (Å²) in [7, 11) is 0. The molecular formula is C17H16F6N4O3S. The van der Waals surface area contributed by atoms with Crippen LogP contribution >= 0.6 is 11.3 Å². The van der Waals surface area contributed by atoms with Crippen molar-refractivity contribution in [1.29, 1.82) is 0 Å². The molecule has 0 aliphatic carbocycles. The maximum Gasteiger partial charge on any atom is 0.417 e. The molecule has 1 fully saturated rings. The predicted molar refractivity (Wildman–Crippen MR) is 97.5 cm³/mol. The highest BCUT2D eigenvalue weighted by Gasteiger charge is 2.47. The highest BCUT2D eigenvalue weighted by Crippen LogP contribution is 2.41. The van der Waals surface area contributed by atoms with Gasteiger partial charge in [-0.15, -0.1) is 11.3 Å². The van der Waals surface area contributed by atoms with E-state index in [9.17, 15) is 36.2 Å². The van der Waals surface area contributed by atoms with Crippen LogP contribution < -0.4 is 10.6 Å². The Bertz CT molecular complexity index is 962. The normalized spacial score (nSPS) is 20.6. The molecule has 2 aromatic heterocycles. The second-order valence-electron chi connectivity index (χ2n) is 6.78. The van der Waals surface area contributed by atoms with E-state index in [0.29, 0.717) is 22.3 Å². The van der Waals surface area contributed by atoms with Gasteiger partial charge in [0.15, 0.2) is 5.01 Å².